The summed E-state index contributed by atoms with van der Waals surface area (Å²) in [6.07, 6.45) is 7.12. The Bertz CT molecular complexity index is 425. The van der Waals surface area contributed by atoms with E-state index in [2.05, 4.69) is 43.2 Å². The third kappa shape index (κ3) is 6.71. The molecule has 0 aliphatic heterocycles. The van der Waals surface area contributed by atoms with Gasteiger partial charge in [0, 0.05) is 6.20 Å². The summed E-state index contributed by atoms with van der Waals surface area (Å²) < 4.78 is 5.67. The predicted molar refractivity (Wildman–Crippen MR) is 86.0 cm³/mol. The zero-order valence-electron chi connectivity index (χ0n) is 13.4. The van der Waals surface area contributed by atoms with E-state index in [1.54, 1.807) is 6.20 Å². The lowest BCUT2D eigenvalue weighted by molar-refractivity contribution is 0.241. The molecule has 1 rings (SSSR count). The fourth-order valence-electron chi connectivity index (χ4n) is 1.87. The number of aromatic nitrogens is 1. The molecule has 0 amide bonds. The van der Waals surface area contributed by atoms with Gasteiger partial charge in [-0.05, 0) is 63.4 Å². The van der Waals surface area contributed by atoms with Crippen LogP contribution in [0.25, 0.3) is 5.57 Å². The first kappa shape index (κ1) is 16.7. The highest BCUT2D eigenvalue weighted by atomic mass is 16.5. The van der Waals surface area contributed by atoms with Crippen molar-refractivity contribution in [2.75, 3.05) is 13.1 Å². The van der Waals surface area contributed by atoms with E-state index in [4.69, 9.17) is 4.74 Å². The van der Waals surface area contributed by atoms with Gasteiger partial charge < -0.3 is 10.1 Å². The quantitative estimate of drug-likeness (QED) is 0.731. The molecule has 0 fully saturated rings. The first-order valence-corrected chi connectivity index (χ1v) is 7.48. The van der Waals surface area contributed by atoms with Crippen LogP contribution in [0, 0.1) is 5.92 Å². The zero-order valence-corrected chi connectivity index (χ0v) is 13.4. The Hall–Kier alpha value is -1.35. The molecule has 0 bridgehead atoms. The summed E-state index contributed by atoms with van der Waals surface area (Å²) in [6, 6.07) is 2.06. The van der Waals surface area contributed by atoms with Crippen molar-refractivity contribution in [3.8, 4) is 5.75 Å². The maximum atomic E-state index is 5.67. The molecular formula is C17H28N2O. The molecule has 0 radical (unpaired) electrons. The highest BCUT2D eigenvalue weighted by Gasteiger charge is 2.02. The number of hydrogen-bond acceptors (Lipinski definition) is 3. The fraction of sp³-hybridized carbons (Fsp3) is 0.588. The molecule has 0 aromatic carbocycles. The van der Waals surface area contributed by atoms with Gasteiger partial charge in [0.1, 0.15) is 5.75 Å². The second kappa shape index (κ2) is 8.75. The molecule has 1 aromatic rings. The standard InChI is InChI=1S/C17H28N2O/c1-13(2)10-18-8-6-7-15(5)16-9-17(12-19-11-16)20-14(3)4/h7,9,11-14,18H,6,8,10H2,1-5H3/b15-7-. The minimum absolute atomic E-state index is 0.177. The third-order valence-corrected chi connectivity index (χ3v) is 2.86. The van der Waals surface area contributed by atoms with Crippen LogP contribution in [0.2, 0.25) is 0 Å². The van der Waals surface area contributed by atoms with Crippen molar-refractivity contribution in [3.05, 3.63) is 30.1 Å². The van der Waals surface area contributed by atoms with Crippen LogP contribution in [-0.4, -0.2) is 24.2 Å². The molecule has 0 atom stereocenters. The van der Waals surface area contributed by atoms with Crippen molar-refractivity contribution in [2.24, 2.45) is 5.92 Å². The van der Waals surface area contributed by atoms with Gasteiger partial charge in [0.2, 0.25) is 0 Å². The molecule has 0 saturated heterocycles. The van der Waals surface area contributed by atoms with Gasteiger partial charge in [-0.1, -0.05) is 19.9 Å². The van der Waals surface area contributed by atoms with Crippen molar-refractivity contribution < 1.29 is 4.74 Å². The van der Waals surface area contributed by atoms with Crippen molar-refractivity contribution >= 4 is 5.57 Å². The topological polar surface area (TPSA) is 34.2 Å². The molecule has 112 valence electrons. The lowest BCUT2D eigenvalue weighted by atomic mass is 10.1. The van der Waals surface area contributed by atoms with Crippen molar-refractivity contribution in [3.63, 3.8) is 0 Å². The number of rotatable bonds is 8. The first-order valence-electron chi connectivity index (χ1n) is 7.48. The Labute approximate surface area is 123 Å². The Kier molecular flexibility index (Phi) is 7.31. The first-order chi connectivity index (χ1) is 9.49. The molecule has 0 aliphatic rings. The van der Waals surface area contributed by atoms with E-state index >= 15 is 0 Å². The van der Waals surface area contributed by atoms with Crippen molar-refractivity contribution in [2.45, 2.75) is 47.1 Å². The monoisotopic (exact) mass is 276 g/mol. The van der Waals surface area contributed by atoms with Crippen LogP contribution in [0.15, 0.2) is 24.5 Å². The molecule has 3 heteroatoms. The number of ether oxygens (including phenoxy) is 1. The lowest BCUT2D eigenvalue weighted by Crippen LogP contribution is -2.20. The molecule has 0 aliphatic carbocycles. The predicted octanol–water partition coefficient (Wildman–Crippen LogP) is 3.91. The summed E-state index contributed by atoms with van der Waals surface area (Å²) in [5, 5.41) is 3.44. The fourth-order valence-corrected chi connectivity index (χ4v) is 1.87. The largest absolute Gasteiger partial charge is 0.489 e. The summed E-state index contributed by atoms with van der Waals surface area (Å²) in [6.45, 7) is 12.7. The van der Waals surface area contributed by atoms with Crippen molar-refractivity contribution in [1.29, 1.82) is 0 Å². The van der Waals surface area contributed by atoms with E-state index in [1.165, 1.54) is 5.57 Å². The molecule has 0 unspecified atom stereocenters. The van der Waals surface area contributed by atoms with E-state index in [0.717, 1.165) is 30.8 Å². The van der Waals surface area contributed by atoms with Crippen LogP contribution in [-0.2, 0) is 0 Å². The normalized spacial score (nSPS) is 12.2. The van der Waals surface area contributed by atoms with Crippen LogP contribution in [0.3, 0.4) is 0 Å². The smallest absolute Gasteiger partial charge is 0.138 e. The van der Waals surface area contributed by atoms with E-state index in [1.807, 2.05) is 20.0 Å². The Morgan fingerprint density at radius 1 is 1.30 bits per heavy atom. The summed E-state index contributed by atoms with van der Waals surface area (Å²) in [5.74, 6) is 1.54. The van der Waals surface area contributed by atoms with E-state index in [0.29, 0.717) is 5.92 Å². The molecule has 1 heterocycles. The number of pyridine rings is 1. The maximum Gasteiger partial charge on any atom is 0.138 e. The minimum Gasteiger partial charge on any atom is -0.489 e. The van der Waals surface area contributed by atoms with Gasteiger partial charge in [0.25, 0.3) is 0 Å². The summed E-state index contributed by atoms with van der Waals surface area (Å²) in [7, 11) is 0. The average molecular weight is 276 g/mol. The van der Waals surface area contributed by atoms with Gasteiger partial charge in [0.15, 0.2) is 0 Å². The molecule has 0 spiro atoms. The van der Waals surface area contributed by atoms with Gasteiger partial charge in [0.05, 0.1) is 12.3 Å². The van der Waals surface area contributed by atoms with Crippen LogP contribution >= 0.6 is 0 Å². The number of allylic oxidation sites excluding steroid dienone is 1. The van der Waals surface area contributed by atoms with Gasteiger partial charge in [-0.3, -0.25) is 4.98 Å². The molecule has 1 N–H and O–H groups in total. The number of nitrogens with one attached hydrogen (secondary N) is 1. The SMILES string of the molecule is C/C(=C/CCNCC(C)C)c1cncc(OC(C)C)c1. The second-order valence-electron chi connectivity index (χ2n) is 5.85. The van der Waals surface area contributed by atoms with Crippen LogP contribution in [0.1, 0.15) is 46.6 Å². The molecule has 20 heavy (non-hydrogen) atoms. The van der Waals surface area contributed by atoms with Crippen LogP contribution in [0.4, 0.5) is 0 Å². The Morgan fingerprint density at radius 3 is 2.70 bits per heavy atom. The molecule has 1 aromatic heterocycles. The Balaban J connectivity index is 2.51. The van der Waals surface area contributed by atoms with E-state index < -0.39 is 0 Å². The number of hydrogen-bond donors (Lipinski definition) is 1. The van der Waals surface area contributed by atoms with Gasteiger partial charge in [-0.15, -0.1) is 0 Å². The summed E-state index contributed by atoms with van der Waals surface area (Å²) in [4.78, 5) is 4.24. The molecule has 3 nitrogen and oxygen atoms in total. The summed E-state index contributed by atoms with van der Waals surface area (Å²) in [5.41, 5.74) is 2.38. The zero-order chi connectivity index (χ0) is 15.0. The van der Waals surface area contributed by atoms with Crippen LogP contribution < -0.4 is 10.1 Å². The van der Waals surface area contributed by atoms with Gasteiger partial charge in [-0.25, -0.2) is 0 Å². The summed E-state index contributed by atoms with van der Waals surface area (Å²) >= 11 is 0. The third-order valence-electron chi connectivity index (χ3n) is 2.86. The van der Waals surface area contributed by atoms with Gasteiger partial charge in [-0.2, -0.15) is 0 Å². The molecular weight excluding hydrogens is 248 g/mol. The average Bonchev–Trinajstić information content (AvgIpc) is 2.37. The van der Waals surface area contributed by atoms with E-state index in [-0.39, 0.29) is 6.10 Å². The number of nitrogens with zero attached hydrogens (tertiary/aromatic N) is 1. The second-order valence-corrected chi connectivity index (χ2v) is 5.85. The minimum atomic E-state index is 0.177. The highest BCUT2D eigenvalue weighted by molar-refractivity contribution is 5.63. The molecule has 0 saturated carbocycles. The maximum absolute atomic E-state index is 5.67. The Morgan fingerprint density at radius 2 is 2.05 bits per heavy atom. The lowest BCUT2D eigenvalue weighted by Gasteiger charge is -2.10. The van der Waals surface area contributed by atoms with E-state index in [9.17, 15) is 0 Å². The highest BCUT2D eigenvalue weighted by Crippen LogP contribution is 2.19. The van der Waals surface area contributed by atoms with Gasteiger partial charge >= 0.3 is 0 Å². The van der Waals surface area contributed by atoms with Crippen molar-refractivity contribution in [1.82, 2.24) is 10.3 Å². The van der Waals surface area contributed by atoms with Crippen LogP contribution in [0.5, 0.6) is 5.75 Å².